The van der Waals surface area contributed by atoms with Gasteiger partial charge >= 0.3 is 0 Å². The minimum atomic E-state index is -1.27. The highest BCUT2D eigenvalue weighted by Crippen LogP contribution is 2.41. The van der Waals surface area contributed by atoms with Gasteiger partial charge in [0.2, 0.25) is 5.96 Å². The summed E-state index contributed by atoms with van der Waals surface area (Å²) in [5.74, 6) is 0.665. The van der Waals surface area contributed by atoms with Crippen LogP contribution in [0.15, 0.2) is 59.1 Å². The lowest BCUT2D eigenvalue weighted by Gasteiger charge is -2.37. The second-order valence-electron chi connectivity index (χ2n) is 9.66. The summed E-state index contributed by atoms with van der Waals surface area (Å²) in [5, 5.41) is -0.106. The first-order valence-electron chi connectivity index (χ1n) is 10.6. The van der Waals surface area contributed by atoms with Crippen LogP contribution in [0.4, 0.5) is 5.69 Å². The topological polar surface area (TPSA) is 44.7 Å². The third-order valence-corrected chi connectivity index (χ3v) is 6.95. The molecule has 0 aromatic heterocycles. The Kier molecular flexibility index (Phi) is 6.15. The highest BCUT2D eigenvalue weighted by atomic mass is 32.2. The Balaban J connectivity index is 2.09. The Morgan fingerprint density at radius 3 is 2.43 bits per heavy atom. The Labute approximate surface area is 184 Å². The van der Waals surface area contributed by atoms with Crippen LogP contribution >= 0.6 is 0 Å². The molecule has 0 saturated carbocycles. The average Bonchev–Trinajstić information content (AvgIpc) is 2.91. The molecule has 1 aliphatic carbocycles. The largest absolute Gasteiger partial charge is 0.302 e. The van der Waals surface area contributed by atoms with Crippen molar-refractivity contribution >= 4 is 22.6 Å². The summed E-state index contributed by atoms with van der Waals surface area (Å²) in [6, 6.07) is 6.55. The first-order valence-corrected chi connectivity index (χ1v) is 11.8. The lowest BCUT2D eigenvalue weighted by atomic mass is 9.77. The van der Waals surface area contributed by atoms with Crippen molar-refractivity contribution < 1.29 is 4.21 Å². The predicted molar refractivity (Wildman–Crippen MR) is 130 cm³/mol. The maximum absolute atomic E-state index is 12.9. The summed E-state index contributed by atoms with van der Waals surface area (Å²) < 4.78 is 16.2. The normalized spacial score (nSPS) is 25.7. The smallest absolute Gasteiger partial charge is 0.212 e. The van der Waals surface area contributed by atoms with Crippen molar-refractivity contribution in [3.05, 3.63) is 65.3 Å². The van der Waals surface area contributed by atoms with Crippen LogP contribution < -0.4 is 9.62 Å². The van der Waals surface area contributed by atoms with Crippen LogP contribution in [0.2, 0.25) is 0 Å². The molecular weight excluding hydrogens is 390 g/mol. The van der Waals surface area contributed by atoms with Gasteiger partial charge in [0, 0.05) is 5.69 Å². The van der Waals surface area contributed by atoms with Gasteiger partial charge in [-0.25, -0.2) is 9.20 Å². The van der Waals surface area contributed by atoms with Gasteiger partial charge in [-0.05, 0) is 68.9 Å². The van der Waals surface area contributed by atoms with E-state index in [1.54, 1.807) is 0 Å². The van der Waals surface area contributed by atoms with Crippen molar-refractivity contribution in [1.29, 1.82) is 0 Å². The Hall–Kier alpha value is -2.14. The number of rotatable bonds is 4. The second kappa shape index (κ2) is 8.18. The molecular formula is C25H35N3OS. The van der Waals surface area contributed by atoms with E-state index in [1.807, 2.05) is 26.0 Å². The molecule has 1 N–H and O–H groups in total. The quantitative estimate of drug-likeness (QED) is 0.660. The van der Waals surface area contributed by atoms with Gasteiger partial charge in [-0.15, -0.1) is 0 Å². The fourth-order valence-corrected chi connectivity index (χ4v) is 4.88. The fraction of sp³-hybridized carbons (Fsp3) is 0.480. The summed E-state index contributed by atoms with van der Waals surface area (Å²) in [7, 11) is -1.27. The van der Waals surface area contributed by atoms with E-state index in [4.69, 9.17) is 4.99 Å². The molecule has 2 aliphatic rings. The zero-order valence-electron chi connectivity index (χ0n) is 19.5. The Morgan fingerprint density at radius 2 is 1.87 bits per heavy atom. The van der Waals surface area contributed by atoms with Gasteiger partial charge in [0.25, 0.3) is 0 Å². The van der Waals surface area contributed by atoms with E-state index in [9.17, 15) is 4.21 Å². The van der Waals surface area contributed by atoms with Gasteiger partial charge in [0.15, 0.2) is 0 Å². The lowest BCUT2D eigenvalue weighted by molar-refractivity contribution is 0.485. The standard InChI is InChI=1S/C25H35N3OS/c1-9-10-19(4)30(29)27-23-26-25(8)12-11-20(24(5,6)7)16-22(25)28(23)21-14-17(2)13-18(3)15-21/h9-16,19,22H,1-8H3,(H,26,27)/b10-9-. The SMILES string of the molecule is C/C=C\C(C)S(=O)NC1=NC2(C)C=CC(C(C)(C)C)=CC2N1c1cc(C)cc(C)c1. The van der Waals surface area contributed by atoms with Gasteiger partial charge in [-0.1, -0.05) is 57.2 Å². The molecule has 0 bridgehead atoms. The van der Waals surface area contributed by atoms with Crippen molar-refractivity contribution in [2.24, 2.45) is 10.4 Å². The number of aliphatic imine (C=N–C) groups is 1. The third kappa shape index (κ3) is 4.46. The van der Waals surface area contributed by atoms with E-state index < -0.39 is 16.5 Å². The molecule has 0 amide bonds. The molecule has 5 heteroatoms. The summed E-state index contributed by atoms with van der Waals surface area (Å²) in [4.78, 5) is 7.26. The summed E-state index contributed by atoms with van der Waals surface area (Å²) in [6.45, 7) is 17.0. The zero-order valence-corrected chi connectivity index (χ0v) is 20.3. The first kappa shape index (κ1) is 22.5. The third-order valence-electron chi connectivity index (χ3n) is 5.73. The van der Waals surface area contributed by atoms with Gasteiger partial charge < -0.3 is 4.90 Å². The summed E-state index contributed by atoms with van der Waals surface area (Å²) in [6.07, 6.45) is 10.6. The summed E-state index contributed by atoms with van der Waals surface area (Å²) in [5.41, 5.74) is 4.40. The molecule has 4 unspecified atom stereocenters. The molecule has 30 heavy (non-hydrogen) atoms. The molecule has 0 saturated heterocycles. The molecule has 4 nitrogen and oxygen atoms in total. The van der Waals surface area contributed by atoms with Crippen LogP contribution in [-0.4, -0.2) is 27.0 Å². The van der Waals surface area contributed by atoms with E-state index in [0.29, 0.717) is 5.96 Å². The molecule has 1 aliphatic heterocycles. The summed E-state index contributed by atoms with van der Waals surface area (Å²) >= 11 is 0. The number of benzene rings is 1. The maximum atomic E-state index is 12.9. The Bertz CT molecular complexity index is 947. The minimum Gasteiger partial charge on any atom is -0.302 e. The van der Waals surface area contributed by atoms with E-state index >= 15 is 0 Å². The Morgan fingerprint density at radius 1 is 1.23 bits per heavy atom. The number of aryl methyl sites for hydroxylation is 2. The molecule has 0 fully saturated rings. The van der Waals surface area contributed by atoms with E-state index in [-0.39, 0.29) is 16.7 Å². The van der Waals surface area contributed by atoms with E-state index in [0.717, 1.165) is 5.69 Å². The number of guanidine groups is 1. The number of hydrogen-bond acceptors (Lipinski definition) is 3. The van der Waals surface area contributed by atoms with E-state index in [1.165, 1.54) is 16.7 Å². The first-order chi connectivity index (χ1) is 13.9. The molecule has 0 radical (unpaired) electrons. The van der Waals surface area contributed by atoms with Crippen molar-refractivity contribution in [1.82, 2.24) is 4.72 Å². The number of anilines is 1. The van der Waals surface area contributed by atoms with Crippen molar-refractivity contribution in [3.63, 3.8) is 0 Å². The van der Waals surface area contributed by atoms with Crippen molar-refractivity contribution in [3.8, 4) is 0 Å². The molecule has 1 aromatic rings. The number of hydrogen-bond donors (Lipinski definition) is 1. The number of fused-ring (bicyclic) bond motifs is 1. The number of nitrogens with zero attached hydrogens (tertiary/aromatic N) is 2. The molecule has 1 heterocycles. The van der Waals surface area contributed by atoms with Gasteiger partial charge in [0.05, 0.1) is 11.3 Å². The molecule has 1 aromatic carbocycles. The van der Waals surface area contributed by atoms with Crippen LogP contribution in [0.25, 0.3) is 0 Å². The second-order valence-corrected chi connectivity index (χ2v) is 11.2. The van der Waals surface area contributed by atoms with Crippen LogP contribution in [0, 0.1) is 19.3 Å². The highest BCUT2D eigenvalue weighted by Gasteiger charge is 2.46. The molecule has 3 rings (SSSR count). The van der Waals surface area contributed by atoms with E-state index in [2.05, 4.69) is 87.6 Å². The average molecular weight is 426 g/mol. The molecule has 0 spiro atoms. The lowest BCUT2D eigenvalue weighted by Crippen LogP contribution is -2.49. The maximum Gasteiger partial charge on any atom is 0.212 e. The van der Waals surface area contributed by atoms with Crippen molar-refractivity contribution in [2.45, 2.75) is 72.2 Å². The van der Waals surface area contributed by atoms with Gasteiger partial charge in [-0.2, -0.15) is 0 Å². The monoisotopic (exact) mass is 425 g/mol. The van der Waals surface area contributed by atoms with Crippen LogP contribution in [0.5, 0.6) is 0 Å². The highest BCUT2D eigenvalue weighted by molar-refractivity contribution is 7.84. The number of allylic oxidation sites excluding steroid dienone is 3. The minimum absolute atomic E-state index is 0.0226. The number of nitrogens with one attached hydrogen (secondary N) is 1. The zero-order chi connectivity index (χ0) is 22.3. The van der Waals surface area contributed by atoms with Crippen molar-refractivity contribution in [2.75, 3.05) is 4.90 Å². The molecule has 162 valence electrons. The van der Waals surface area contributed by atoms with Gasteiger partial charge in [0.1, 0.15) is 16.5 Å². The van der Waals surface area contributed by atoms with Gasteiger partial charge in [-0.3, -0.25) is 4.72 Å². The van der Waals surface area contributed by atoms with Crippen LogP contribution in [0.3, 0.4) is 0 Å². The predicted octanol–water partition coefficient (Wildman–Crippen LogP) is 5.37. The van der Waals surface area contributed by atoms with Crippen LogP contribution in [0.1, 0.15) is 52.7 Å². The fourth-order valence-electron chi connectivity index (χ4n) is 4.07. The molecule has 4 atom stereocenters. The van der Waals surface area contributed by atoms with Crippen LogP contribution in [-0.2, 0) is 11.0 Å².